The van der Waals surface area contributed by atoms with Crippen LogP contribution in [0.1, 0.15) is 12.0 Å². The smallest absolute Gasteiger partial charge is 0.222 e. The Balaban J connectivity index is 2.27. The molecular formula is C13H10ClFN3O2. The van der Waals surface area contributed by atoms with E-state index in [4.69, 9.17) is 22.1 Å². The van der Waals surface area contributed by atoms with E-state index >= 15 is 0 Å². The Morgan fingerprint density at radius 3 is 2.90 bits per heavy atom. The predicted octanol–water partition coefficient (Wildman–Crippen LogP) is 2.49. The van der Waals surface area contributed by atoms with Crippen molar-refractivity contribution in [2.24, 2.45) is 5.73 Å². The molecule has 0 atom stereocenters. The molecule has 20 heavy (non-hydrogen) atoms. The van der Waals surface area contributed by atoms with Crippen LogP contribution in [0.5, 0.6) is 11.6 Å². The molecule has 5 nitrogen and oxygen atoms in total. The summed E-state index contributed by atoms with van der Waals surface area (Å²) in [6.45, 7) is 0. The minimum absolute atomic E-state index is 0.0779. The van der Waals surface area contributed by atoms with Gasteiger partial charge in [0, 0.05) is 25.1 Å². The molecule has 0 spiro atoms. The lowest BCUT2D eigenvalue weighted by Crippen LogP contribution is -2.10. The highest BCUT2D eigenvalue weighted by Gasteiger charge is 2.15. The van der Waals surface area contributed by atoms with E-state index in [0.29, 0.717) is 0 Å². The molecule has 1 radical (unpaired) electrons. The van der Waals surface area contributed by atoms with Crippen LogP contribution in [0.4, 0.5) is 4.39 Å². The van der Waals surface area contributed by atoms with E-state index in [1.807, 2.05) is 0 Å². The highest BCUT2D eigenvalue weighted by atomic mass is 35.5. The van der Waals surface area contributed by atoms with E-state index in [1.54, 1.807) is 0 Å². The Hall–Kier alpha value is -2.21. The maximum Gasteiger partial charge on any atom is 0.222 e. The zero-order valence-corrected chi connectivity index (χ0v) is 11.0. The van der Waals surface area contributed by atoms with Gasteiger partial charge in [-0.2, -0.15) is 0 Å². The third-order valence-corrected chi connectivity index (χ3v) is 2.66. The maximum absolute atomic E-state index is 14.2. The second-order valence-corrected chi connectivity index (χ2v) is 4.21. The normalized spacial score (nSPS) is 10.3. The molecular weight excluding hydrogens is 285 g/mol. The lowest BCUT2D eigenvalue weighted by molar-refractivity contribution is -0.117. The van der Waals surface area contributed by atoms with Gasteiger partial charge in [0.15, 0.2) is 11.6 Å². The van der Waals surface area contributed by atoms with E-state index < -0.39 is 11.7 Å². The first-order chi connectivity index (χ1) is 9.58. The topological polar surface area (TPSA) is 78.1 Å². The summed E-state index contributed by atoms with van der Waals surface area (Å²) in [7, 11) is 0. The van der Waals surface area contributed by atoms with Crippen molar-refractivity contribution in [3.8, 4) is 11.6 Å². The molecule has 2 N–H and O–H groups in total. The second kappa shape index (κ2) is 6.29. The molecule has 0 aliphatic rings. The van der Waals surface area contributed by atoms with Crippen molar-refractivity contribution in [2.75, 3.05) is 0 Å². The molecule has 0 fully saturated rings. The summed E-state index contributed by atoms with van der Waals surface area (Å²) in [5.74, 6) is -1.24. The van der Waals surface area contributed by atoms with Crippen LogP contribution >= 0.6 is 11.6 Å². The van der Waals surface area contributed by atoms with Crippen LogP contribution in [0.2, 0.25) is 5.02 Å². The average Bonchev–Trinajstić information content (AvgIpc) is 2.43. The number of rotatable bonds is 5. The summed E-state index contributed by atoms with van der Waals surface area (Å²) in [6.07, 6.45) is 4.01. The van der Waals surface area contributed by atoms with Gasteiger partial charge in [-0.1, -0.05) is 17.7 Å². The van der Waals surface area contributed by atoms with Gasteiger partial charge in [0.1, 0.15) is 6.33 Å². The van der Waals surface area contributed by atoms with Gasteiger partial charge in [0.25, 0.3) is 0 Å². The van der Waals surface area contributed by atoms with Crippen LogP contribution < -0.4 is 10.5 Å². The zero-order chi connectivity index (χ0) is 14.5. The predicted molar refractivity (Wildman–Crippen MR) is 70.7 cm³/mol. The van der Waals surface area contributed by atoms with Crippen molar-refractivity contribution in [1.29, 1.82) is 0 Å². The van der Waals surface area contributed by atoms with E-state index in [1.165, 1.54) is 37.1 Å². The monoisotopic (exact) mass is 294 g/mol. The molecule has 2 aromatic rings. The Morgan fingerprint density at radius 2 is 2.25 bits per heavy atom. The molecule has 0 unspecified atom stereocenters. The molecule has 0 aliphatic carbocycles. The van der Waals surface area contributed by atoms with E-state index in [2.05, 4.69) is 9.97 Å². The first-order valence-corrected chi connectivity index (χ1v) is 5.99. The molecule has 1 amide bonds. The van der Waals surface area contributed by atoms with Gasteiger partial charge in [-0.15, -0.1) is 0 Å². The molecule has 7 heteroatoms. The number of hydrogen-bond acceptors (Lipinski definition) is 4. The number of benzene rings is 1. The third-order valence-electron chi connectivity index (χ3n) is 2.36. The first kappa shape index (κ1) is 14.2. The van der Waals surface area contributed by atoms with Gasteiger partial charge in [-0.05, 0) is 11.6 Å². The third kappa shape index (κ3) is 3.42. The fourth-order valence-corrected chi connectivity index (χ4v) is 1.64. The van der Waals surface area contributed by atoms with Crippen LogP contribution in [0.3, 0.4) is 0 Å². The maximum atomic E-state index is 14.2. The number of nitrogens with two attached hydrogens (primary N) is 1. The van der Waals surface area contributed by atoms with Gasteiger partial charge in [-0.25, -0.2) is 14.4 Å². The lowest BCUT2D eigenvalue weighted by Gasteiger charge is -2.10. The molecule has 1 aromatic carbocycles. The van der Waals surface area contributed by atoms with E-state index in [9.17, 15) is 9.18 Å². The molecule has 0 aliphatic heterocycles. The van der Waals surface area contributed by atoms with Crippen LogP contribution in [0.25, 0.3) is 0 Å². The second-order valence-electron chi connectivity index (χ2n) is 3.80. The van der Waals surface area contributed by atoms with Crippen LogP contribution in [0.15, 0.2) is 30.7 Å². The fourth-order valence-electron chi connectivity index (χ4n) is 1.45. The largest absolute Gasteiger partial charge is 0.434 e. The summed E-state index contributed by atoms with van der Waals surface area (Å²) in [6, 6.07) is 4.37. The molecule has 0 bridgehead atoms. The molecule has 2 rings (SSSR count). The number of amides is 1. The number of carbonyl (C=O) groups is 1. The number of nitrogens with zero attached hydrogens (tertiary/aromatic N) is 2. The van der Waals surface area contributed by atoms with Crippen LogP contribution in [-0.4, -0.2) is 15.9 Å². The summed E-state index contributed by atoms with van der Waals surface area (Å²) >= 11 is 5.90. The highest BCUT2D eigenvalue weighted by molar-refractivity contribution is 6.32. The summed E-state index contributed by atoms with van der Waals surface area (Å²) in [5.41, 5.74) is 5.19. The van der Waals surface area contributed by atoms with Gasteiger partial charge in [-0.3, -0.25) is 4.79 Å². The lowest BCUT2D eigenvalue weighted by atomic mass is 10.1. The van der Waals surface area contributed by atoms with Gasteiger partial charge in [0.2, 0.25) is 11.8 Å². The van der Waals surface area contributed by atoms with Crippen LogP contribution in [0, 0.1) is 12.2 Å². The number of aromatic nitrogens is 2. The summed E-state index contributed by atoms with van der Waals surface area (Å²) < 4.78 is 19.5. The minimum atomic E-state index is -0.683. The fraction of sp³-hybridized carbons (Fsp3) is 0.0769. The first-order valence-electron chi connectivity index (χ1n) is 5.61. The zero-order valence-electron chi connectivity index (χ0n) is 10.2. The quantitative estimate of drug-likeness (QED) is 0.919. The average molecular weight is 295 g/mol. The van der Waals surface area contributed by atoms with Gasteiger partial charge >= 0.3 is 0 Å². The Bertz CT molecular complexity index is 623. The SMILES string of the molecule is NC(=O)C[CH]c1ccc(Cl)c(Oc2ccncn2)c1F. The van der Waals surface area contributed by atoms with Crippen molar-refractivity contribution in [3.63, 3.8) is 0 Å². The molecule has 1 heterocycles. The number of halogens is 2. The van der Waals surface area contributed by atoms with Crippen LogP contribution in [-0.2, 0) is 4.79 Å². The molecule has 103 valence electrons. The van der Waals surface area contributed by atoms with Crippen molar-refractivity contribution in [1.82, 2.24) is 9.97 Å². The minimum Gasteiger partial charge on any atom is -0.434 e. The Labute approximate surface area is 119 Å². The van der Waals surface area contributed by atoms with Crippen molar-refractivity contribution >= 4 is 17.5 Å². The Kier molecular flexibility index (Phi) is 4.47. The standard InChI is InChI=1S/C13H10ClFN3O2/c14-9-3-1-8(2-4-10(16)19)12(15)13(9)20-11-5-6-17-7-18-11/h1-3,5-7H,4H2,(H2,16,19). The van der Waals surface area contributed by atoms with Crippen molar-refractivity contribution < 1.29 is 13.9 Å². The number of hydrogen-bond donors (Lipinski definition) is 1. The molecule has 1 aromatic heterocycles. The van der Waals surface area contributed by atoms with Gasteiger partial charge < -0.3 is 10.5 Å². The Morgan fingerprint density at radius 1 is 1.45 bits per heavy atom. The highest BCUT2D eigenvalue weighted by Crippen LogP contribution is 2.33. The summed E-state index contributed by atoms with van der Waals surface area (Å²) in [5, 5.41) is 0.0948. The van der Waals surface area contributed by atoms with E-state index in [-0.39, 0.29) is 28.6 Å². The number of primary amides is 1. The van der Waals surface area contributed by atoms with Gasteiger partial charge in [0.05, 0.1) is 5.02 Å². The van der Waals surface area contributed by atoms with Crippen molar-refractivity contribution in [3.05, 3.63) is 53.5 Å². The number of carbonyl (C=O) groups excluding carboxylic acids is 1. The van der Waals surface area contributed by atoms with E-state index in [0.717, 1.165) is 0 Å². The molecule has 0 saturated heterocycles. The van der Waals surface area contributed by atoms with Crippen molar-refractivity contribution in [2.45, 2.75) is 6.42 Å². The molecule has 0 saturated carbocycles. The number of ether oxygens (including phenoxy) is 1. The summed E-state index contributed by atoms with van der Waals surface area (Å²) in [4.78, 5) is 18.3.